The molecule has 21 heavy (non-hydrogen) atoms. The van der Waals surface area contributed by atoms with Crippen molar-refractivity contribution in [2.75, 3.05) is 6.61 Å². The quantitative estimate of drug-likeness (QED) is 0.619. The zero-order chi connectivity index (χ0) is 15.2. The molecule has 0 aliphatic rings. The number of aliphatic hydroxyl groups is 1. The number of nitro benzene ring substituents is 1. The number of benzene rings is 2. The summed E-state index contributed by atoms with van der Waals surface area (Å²) in [5.41, 5.74) is 1.58. The van der Waals surface area contributed by atoms with E-state index in [1.165, 1.54) is 6.07 Å². The number of nitrogens with one attached hydrogen (secondary N) is 1. The van der Waals surface area contributed by atoms with E-state index in [-0.39, 0.29) is 18.3 Å². The largest absolute Gasteiger partial charge is 0.394 e. The number of halogens is 1. The van der Waals surface area contributed by atoms with Crippen LogP contribution in [0.25, 0.3) is 0 Å². The maximum Gasteiger partial charge on any atom is 0.273 e. The van der Waals surface area contributed by atoms with Crippen molar-refractivity contribution in [2.45, 2.75) is 12.6 Å². The third kappa shape index (κ3) is 4.10. The van der Waals surface area contributed by atoms with Gasteiger partial charge in [-0.2, -0.15) is 0 Å². The SMILES string of the molecule is O=[N+]([O-])c1ccc(Br)cc1CN[C@H](CO)c1ccccc1. The molecule has 0 saturated carbocycles. The maximum absolute atomic E-state index is 11.0. The molecule has 0 aliphatic carbocycles. The summed E-state index contributed by atoms with van der Waals surface area (Å²) in [7, 11) is 0. The molecule has 0 saturated heterocycles. The van der Waals surface area contributed by atoms with Crippen molar-refractivity contribution in [1.82, 2.24) is 5.32 Å². The average molecular weight is 351 g/mol. The van der Waals surface area contributed by atoms with Crippen LogP contribution in [0.3, 0.4) is 0 Å². The number of rotatable bonds is 6. The third-order valence-corrected chi connectivity index (χ3v) is 3.65. The van der Waals surface area contributed by atoms with Crippen molar-refractivity contribution in [3.05, 3.63) is 74.2 Å². The molecule has 0 fully saturated rings. The van der Waals surface area contributed by atoms with E-state index in [9.17, 15) is 15.2 Å². The second kappa shape index (κ2) is 7.31. The predicted octanol–water partition coefficient (Wildman–Crippen LogP) is 3.18. The summed E-state index contributed by atoms with van der Waals surface area (Å²) >= 11 is 3.31. The fourth-order valence-corrected chi connectivity index (χ4v) is 2.49. The molecule has 0 unspecified atom stereocenters. The van der Waals surface area contributed by atoms with Crippen molar-refractivity contribution in [3.63, 3.8) is 0 Å². The summed E-state index contributed by atoms with van der Waals surface area (Å²) in [6.45, 7) is 0.224. The van der Waals surface area contributed by atoms with Crippen LogP contribution < -0.4 is 5.32 Å². The van der Waals surface area contributed by atoms with Gasteiger partial charge in [-0.1, -0.05) is 46.3 Å². The molecule has 6 heteroatoms. The standard InChI is InChI=1S/C15H15BrN2O3/c16-13-6-7-15(18(20)21)12(8-13)9-17-14(10-19)11-4-2-1-3-5-11/h1-8,14,17,19H,9-10H2/t14-/m1/s1. The smallest absolute Gasteiger partial charge is 0.273 e. The molecule has 1 atom stereocenters. The molecular formula is C15H15BrN2O3. The minimum atomic E-state index is -0.403. The highest BCUT2D eigenvalue weighted by Crippen LogP contribution is 2.24. The van der Waals surface area contributed by atoms with E-state index in [0.29, 0.717) is 12.1 Å². The molecule has 0 aliphatic heterocycles. The zero-order valence-electron chi connectivity index (χ0n) is 11.2. The summed E-state index contributed by atoms with van der Waals surface area (Å²) in [5.74, 6) is 0. The Bertz CT molecular complexity index is 620. The molecular weight excluding hydrogens is 336 g/mol. The Hall–Kier alpha value is -1.76. The van der Waals surface area contributed by atoms with Crippen molar-refractivity contribution >= 4 is 21.6 Å². The Morgan fingerprint density at radius 1 is 1.24 bits per heavy atom. The zero-order valence-corrected chi connectivity index (χ0v) is 12.8. The number of aliphatic hydroxyl groups excluding tert-OH is 1. The first-order valence-corrected chi connectivity index (χ1v) is 7.23. The van der Waals surface area contributed by atoms with Crippen LogP contribution in [0, 0.1) is 10.1 Å². The minimum absolute atomic E-state index is 0.0652. The lowest BCUT2D eigenvalue weighted by Crippen LogP contribution is -2.24. The van der Waals surface area contributed by atoms with Crippen LogP contribution in [0.5, 0.6) is 0 Å². The van der Waals surface area contributed by atoms with E-state index in [1.807, 2.05) is 30.3 Å². The van der Waals surface area contributed by atoms with E-state index in [4.69, 9.17) is 0 Å². The Morgan fingerprint density at radius 2 is 1.95 bits per heavy atom. The first-order chi connectivity index (χ1) is 10.1. The first-order valence-electron chi connectivity index (χ1n) is 6.44. The minimum Gasteiger partial charge on any atom is -0.394 e. The van der Waals surface area contributed by atoms with Gasteiger partial charge in [0.1, 0.15) is 0 Å². The second-order valence-corrected chi connectivity index (χ2v) is 5.47. The lowest BCUT2D eigenvalue weighted by Gasteiger charge is -2.16. The van der Waals surface area contributed by atoms with Gasteiger partial charge in [0.25, 0.3) is 5.69 Å². The van der Waals surface area contributed by atoms with Gasteiger partial charge in [-0.3, -0.25) is 10.1 Å². The average Bonchev–Trinajstić information content (AvgIpc) is 2.48. The molecule has 2 aromatic rings. The van der Waals surface area contributed by atoms with Gasteiger partial charge >= 0.3 is 0 Å². The van der Waals surface area contributed by atoms with E-state index >= 15 is 0 Å². The molecule has 0 spiro atoms. The monoisotopic (exact) mass is 350 g/mol. The Balaban J connectivity index is 2.15. The van der Waals surface area contributed by atoms with Crippen LogP contribution in [0.2, 0.25) is 0 Å². The molecule has 2 N–H and O–H groups in total. The van der Waals surface area contributed by atoms with E-state index in [0.717, 1.165) is 10.0 Å². The highest BCUT2D eigenvalue weighted by molar-refractivity contribution is 9.10. The van der Waals surface area contributed by atoms with Gasteiger partial charge in [0, 0.05) is 22.6 Å². The number of hydrogen-bond acceptors (Lipinski definition) is 4. The highest BCUT2D eigenvalue weighted by atomic mass is 79.9. The topological polar surface area (TPSA) is 75.4 Å². The summed E-state index contributed by atoms with van der Waals surface area (Å²) in [4.78, 5) is 10.6. The van der Waals surface area contributed by atoms with Gasteiger partial charge in [0.05, 0.1) is 17.6 Å². The van der Waals surface area contributed by atoms with Crippen molar-refractivity contribution in [1.29, 1.82) is 0 Å². The molecule has 0 amide bonds. The maximum atomic E-state index is 11.0. The summed E-state index contributed by atoms with van der Waals surface area (Å²) in [6.07, 6.45) is 0. The predicted molar refractivity (Wildman–Crippen MR) is 83.9 cm³/mol. The molecule has 0 aromatic heterocycles. The molecule has 0 radical (unpaired) electrons. The van der Waals surface area contributed by atoms with Gasteiger partial charge in [-0.05, 0) is 17.7 Å². The Kier molecular flexibility index (Phi) is 5.44. The van der Waals surface area contributed by atoms with Crippen molar-refractivity contribution in [2.24, 2.45) is 0 Å². The Morgan fingerprint density at radius 3 is 2.57 bits per heavy atom. The van der Waals surface area contributed by atoms with Gasteiger partial charge in [0.2, 0.25) is 0 Å². The highest BCUT2D eigenvalue weighted by Gasteiger charge is 2.16. The van der Waals surface area contributed by atoms with Crippen LogP contribution >= 0.6 is 15.9 Å². The molecule has 0 bridgehead atoms. The number of hydrogen-bond donors (Lipinski definition) is 2. The van der Waals surface area contributed by atoms with Crippen LogP contribution in [0.15, 0.2) is 53.0 Å². The molecule has 2 rings (SSSR count). The molecule has 5 nitrogen and oxygen atoms in total. The van der Waals surface area contributed by atoms with Gasteiger partial charge in [0.15, 0.2) is 0 Å². The lowest BCUT2D eigenvalue weighted by molar-refractivity contribution is -0.385. The van der Waals surface area contributed by atoms with E-state index in [2.05, 4.69) is 21.2 Å². The van der Waals surface area contributed by atoms with Gasteiger partial charge < -0.3 is 10.4 Å². The Labute approximate surface area is 130 Å². The fourth-order valence-electron chi connectivity index (χ4n) is 2.08. The van der Waals surface area contributed by atoms with E-state index in [1.54, 1.807) is 12.1 Å². The summed E-state index contributed by atoms with van der Waals surface area (Å²) in [6, 6.07) is 14.1. The van der Waals surface area contributed by atoms with Crippen LogP contribution in [-0.2, 0) is 6.54 Å². The first kappa shape index (κ1) is 15.6. The van der Waals surface area contributed by atoms with Crippen molar-refractivity contribution in [3.8, 4) is 0 Å². The summed E-state index contributed by atoms with van der Waals surface area (Å²) in [5, 5.41) is 23.7. The summed E-state index contributed by atoms with van der Waals surface area (Å²) < 4.78 is 0.783. The molecule has 0 heterocycles. The second-order valence-electron chi connectivity index (χ2n) is 4.56. The van der Waals surface area contributed by atoms with Crippen LogP contribution in [0.4, 0.5) is 5.69 Å². The van der Waals surface area contributed by atoms with Gasteiger partial charge in [-0.25, -0.2) is 0 Å². The number of nitrogens with zero attached hydrogens (tertiary/aromatic N) is 1. The van der Waals surface area contributed by atoms with Crippen molar-refractivity contribution < 1.29 is 10.0 Å². The van der Waals surface area contributed by atoms with Gasteiger partial charge in [-0.15, -0.1) is 0 Å². The normalized spacial score (nSPS) is 12.1. The molecule has 2 aromatic carbocycles. The van der Waals surface area contributed by atoms with Crippen LogP contribution in [-0.4, -0.2) is 16.6 Å². The molecule has 110 valence electrons. The number of nitro groups is 1. The third-order valence-electron chi connectivity index (χ3n) is 3.16. The fraction of sp³-hybridized carbons (Fsp3) is 0.200. The van der Waals surface area contributed by atoms with Crippen LogP contribution in [0.1, 0.15) is 17.2 Å². The van der Waals surface area contributed by atoms with E-state index < -0.39 is 4.92 Å². The lowest BCUT2D eigenvalue weighted by atomic mass is 10.1.